The first kappa shape index (κ1) is 18.3. The van der Waals surface area contributed by atoms with E-state index in [0.717, 1.165) is 37.6 Å². The van der Waals surface area contributed by atoms with E-state index in [-0.39, 0.29) is 18.3 Å². The van der Waals surface area contributed by atoms with E-state index in [1.807, 2.05) is 24.8 Å². The van der Waals surface area contributed by atoms with E-state index in [1.165, 1.54) is 6.07 Å². The fourth-order valence-electron chi connectivity index (χ4n) is 3.11. The average Bonchev–Trinajstić information content (AvgIpc) is 2.60. The highest BCUT2D eigenvalue weighted by Crippen LogP contribution is 2.22. The second-order valence-corrected chi connectivity index (χ2v) is 6.69. The molecule has 26 heavy (non-hydrogen) atoms. The fourth-order valence-corrected chi connectivity index (χ4v) is 3.11. The molecule has 0 atom stereocenters. The molecule has 0 aliphatic carbocycles. The lowest BCUT2D eigenvalue weighted by Crippen LogP contribution is -2.44. The summed E-state index contributed by atoms with van der Waals surface area (Å²) < 4.78 is 14.5. The first-order valence-corrected chi connectivity index (χ1v) is 8.75. The molecule has 0 spiro atoms. The van der Waals surface area contributed by atoms with Gasteiger partial charge in [0.2, 0.25) is 0 Å². The van der Waals surface area contributed by atoms with Gasteiger partial charge in [-0.05, 0) is 45.2 Å². The largest absolute Gasteiger partial charge is 0.367 e. The van der Waals surface area contributed by atoms with Crippen LogP contribution in [0.2, 0.25) is 0 Å². The van der Waals surface area contributed by atoms with Crippen LogP contribution in [0.15, 0.2) is 24.3 Å². The van der Waals surface area contributed by atoms with Crippen molar-refractivity contribution in [3.05, 3.63) is 52.9 Å². The van der Waals surface area contributed by atoms with E-state index in [4.69, 9.17) is 0 Å². The van der Waals surface area contributed by atoms with Gasteiger partial charge in [-0.25, -0.2) is 14.4 Å². The Hall–Kier alpha value is -2.54. The summed E-state index contributed by atoms with van der Waals surface area (Å²) in [6.45, 7) is 7.34. The third-order valence-corrected chi connectivity index (χ3v) is 4.50. The molecule has 6 nitrogen and oxygen atoms in total. The summed E-state index contributed by atoms with van der Waals surface area (Å²) in [5.41, 5.74) is 2.45. The predicted octanol–water partition coefficient (Wildman–Crippen LogP) is 1.91. The molecule has 1 aromatic heterocycles. The zero-order valence-electron chi connectivity index (χ0n) is 15.4. The molecule has 0 radical (unpaired) electrons. The van der Waals surface area contributed by atoms with Crippen molar-refractivity contribution in [3.8, 4) is 0 Å². The molecule has 2 aromatic rings. The number of aryl methyl sites for hydroxylation is 2. The summed E-state index contributed by atoms with van der Waals surface area (Å²) >= 11 is 0. The summed E-state index contributed by atoms with van der Waals surface area (Å²) in [6, 6.07) is 6.49. The molecule has 7 heteroatoms. The summed E-state index contributed by atoms with van der Waals surface area (Å²) in [5, 5.41) is 2.79. The Morgan fingerprint density at radius 3 is 2.54 bits per heavy atom. The molecule has 3 rings (SSSR count). The van der Waals surface area contributed by atoms with Crippen molar-refractivity contribution in [1.82, 2.24) is 20.2 Å². The summed E-state index contributed by atoms with van der Waals surface area (Å²) in [7, 11) is 2.06. The van der Waals surface area contributed by atoms with Gasteiger partial charge >= 0.3 is 0 Å². The number of nitrogens with zero attached hydrogens (tertiary/aromatic N) is 4. The topological polar surface area (TPSA) is 61.4 Å². The van der Waals surface area contributed by atoms with Gasteiger partial charge in [-0.15, -0.1) is 0 Å². The van der Waals surface area contributed by atoms with Crippen LogP contribution < -0.4 is 10.2 Å². The van der Waals surface area contributed by atoms with Crippen LogP contribution in [0.5, 0.6) is 0 Å². The third-order valence-electron chi connectivity index (χ3n) is 4.50. The maximum Gasteiger partial charge on any atom is 0.251 e. The third kappa shape index (κ3) is 4.35. The van der Waals surface area contributed by atoms with Crippen molar-refractivity contribution >= 4 is 11.6 Å². The van der Waals surface area contributed by atoms with Crippen LogP contribution in [0.4, 0.5) is 10.1 Å². The van der Waals surface area contributed by atoms with E-state index in [0.29, 0.717) is 17.1 Å². The Balaban J connectivity index is 1.65. The van der Waals surface area contributed by atoms with Gasteiger partial charge in [0.15, 0.2) is 0 Å². The van der Waals surface area contributed by atoms with Crippen molar-refractivity contribution < 1.29 is 9.18 Å². The van der Waals surface area contributed by atoms with E-state index in [1.54, 1.807) is 12.1 Å². The second kappa shape index (κ2) is 7.78. The average molecular weight is 357 g/mol. The monoisotopic (exact) mass is 357 g/mol. The number of hydrogen-bond acceptors (Lipinski definition) is 5. The minimum atomic E-state index is -0.365. The molecule has 0 bridgehead atoms. The molecule has 1 aliphatic rings. The highest BCUT2D eigenvalue weighted by atomic mass is 19.1. The van der Waals surface area contributed by atoms with Crippen molar-refractivity contribution in [2.75, 3.05) is 38.1 Å². The van der Waals surface area contributed by atoms with Crippen molar-refractivity contribution in [2.24, 2.45) is 0 Å². The van der Waals surface area contributed by atoms with Crippen molar-refractivity contribution in [2.45, 2.75) is 20.4 Å². The quantitative estimate of drug-likeness (QED) is 0.906. The van der Waals surface area contributed by atoms with Gasteiger partial charge in [0.05, 0.1) is 17.9 Å². The van der Waals surface area contributed by atoms with Gasteiger partial charge in [0.25, 0.3) is 5.91 Å². The highest BCUT2D eigenvalue weighted by molar-refractivity contribution is 5.94. The number of nitrogens with one attached hydrogen (secondary N) is 1. The van der Waals surface area contributed by atoms with Crippen LogP contribution in [0.25, 0.3) is 0 Å². The molecule has 1 N–H and O–H groups in total. The lowest BCUT2D eigenvalue weighted by molar-refractivity contribution is 0.0950. The molecule has 2 heterocycles. The van der Waals surface area contributed by atoms with Gasteiger partial charge in [-0.1, -0.05) is 0 Å². The lowest BCUT2D eigenvalue weighted by atomic mass is 10.1. The minimum Gasteiger partial charge on any atom is -0.367 e. The molecule has 1 aromatic carbocycles. The normalized spacial score (nSPS) is 15.2. The van der Waals surface area contributed by atoms with E-state index < -0.39 is 0 Å². The molecular formula is C19H24FN5O. The van der Waals surface area contributed by atoms with Crippen LogP contribution in [0, 0.1) is 19.7 Å². The number of anilines is 1. The van der Waals surface area contributed by atoms with Crippen LogP contribution in [-0.4, -0.2) is 54.0 Å². The number of amides is 1. The molecule has 1 saturated heterocycles. The highest BCUT2D eigenvalue weighted by Gasteiger charge is 2.18. The van der Waals surface area contributed by atoms with Crippen LogP contribution >= 0.6 is 0 Å². The van der Waals surface area contributed by atoms with Crippen molar-refractivity contribution in [3.63, 3.8) is 0 Å². The lowest BCUT2D eigenvalue weighted by Gasteiger charge is -2.34. The molecule has 1 fully saturated rings. The Morgan fingerprint density at radius 2 is 1.88 bits per heavy atom. The van der Waals surface area contributed by atoms with Gasteiger partial charge in [0, 0.05) is 37.4 Å². The van der Waals surface area contributed by atoms with E-state index in [9.17, 15) is 9.18 Å². The second-order valence-electron chi connectivity index (χ2n) is 6.69. The summed E-state index contributed by atoms with van der Waals surface area (Å²) in [6.07, 6.45) is 0. The Labute approximate surface area is 153 Å². The van der Waals surface area contributed by atoms with Crippen LogP contribution in [-0.2, 0) is 6.54 Å². The maximum atomic E-state index is 14.5. The first-order valence-electron chi connectivity index (χ1n) is 8.75. The summed E-state index contributed by atoms with van der Waals surface area (Å²) in [5.74, 6) is -0.0181. The number of benzene rings is 1. The molecule has 1 aliphatic heterocycles. The fraction of sp³-hybridized carbons (Fsp3) is 0.421. The molecule has 138 valence electrons. The van der Waals surface area contributed by atoms with E-state index >= 15 is 0 Å². The van der Waals surface area contributed by atoms with Gasteiger partial charge in [-0.3, -0.25) is 4.79 Å². The van der Waals surface area contributed by atoms with Crippen molar-refractivity contribution in [1.29, 1.82) is 0 Å². The number of rotatable bonds is 4. The predicted molar refractivity (Wildman–Crippen MR) is 98.8 cm³/mol. The Kier molecular flexibility index (Phi) is 5.46. The van der Waals surface area contributed by atoms with Gasteiger partial charge in [-0.2, -0.15) is 0 Å². The number of piperazine rings is 1. The Bertz CT molecular complexity index is 782. The SMILES string of the molecule is Cc1cc(CNC(=O)c2ccc(N3CCN(C)CC3)c(F)c2)nc(C)n1. The van der Waals surface area contributed by atoms with Gasteiger partial charge < -0.3 is 15.1 Å². The summed E-state index contributed by atoms with van der Waals surface area (Å²) in [4.78, 5) is 25.1. The zero-order chi connectivity index (χ0) is 18.7. The zero-order valence-corrected chi connectivity index (χ0v) is 15.4. The smallest absolute Gasteiger partial charge is 0.251 e. The maximum absolute atomic E-state index is 14.5. The minimum absolute atomic E-state index is 0.283. The molecule has 0 unspecified atom stereocenters. The van der Waals surface area contributed by atoms with Crippen LogP contribution in [0.3, 0.4) is 0 Å². The van der Waals surface area contributed by atoms with E-state index in [2.05, 4.69) is 27.2 Å². The van der Waals surface area contributed by atoms with Gasteiger partial charge in [0.1, 0.15) is 11.6 Å². The number of carbonyl (C=O) groups excluding carboxylic acids is 1. The standard InChI is InChI=1S/C19H24FN5O/c1-13-10-16(23-14(2)22-13)12-21-19(26)15-4-5-18(17(20)11-15)25-8-6-24(3)7-9-25/h4-5,10-11H,6-9,12H2,1-3H3,(H,21,26). The molecule has 0 saturated carbocycles. The number of carbonyl (C=O) groups is 1. The Morgan fingerprint density at radius 1 is 1.15 bits per heavy atom. The molecular weight excluding hydrogens is 333 g/mol. The first-order chi connectivity index (χ1) is 12.4. The number of hydrogen-bond donors (Lipinski definition) is 1. The number of aromatic nitrogens is 2. The number of halogens is 1. The van der Waals surface area contributed by atoms with Crippen LogP contribution in [0.1, 0.15) is 27.6 Å². The number of likely N-dealkylation sites (N-methyl/N-ethyl adjacent to an activating group) is 1. The molecule has 1 amide bonds.